The molecule has 1 saturated heterocycles. The second kappa shape index (κ2) is 6.44. The van der Waals surface area contributed by atoms with Gasteiger partial charge in [0.25, 0.3) is 0 Å². The van der Waals surface area contributed by atoms with Crippen molar-refractivity contribution in [1.82, 2.24) is 0 Å². The molecule has 3 unspecified atom stereocenters. The first-order chi connectivity index (χ1) is 9.56. The van der Waals surface area contributed by atoms with Crippen molar-refractivity contribution in [1.29, 1.82) is 0 Å². The molecule has 20 heavy (non-hydrogen) atoms. The molecule has 0 saturated carbocycles. The van der Waals surface area contributed by atoms with E-state index in [1.165, 1.54) is 6.07 Å². The van der Waals surface area contributed by atoms with E-state index in [2.05, 4.69) is 6.92 Å². The molecule has 1 aliphatic rings. The van der Waals surface area contributed by atoms with Crippen LogP contribution in [0.1, 0.15) is 33.3 Å². The summed E-state index contributed by atoms with van der Waals surface area (Å²) < 4.78 is 30.6. The summed E-state index contributed by atoms with van der Waals surface area (Å²) in [6.07, 6.45) is 1.19. The molecular formula is C16H23FO3. The Bertz CT molecular complexity index is 461. The lowest BCUT2D eigenvalue weighted by atomic mass is 9.96. The third-order valence-corrected chi connectivity index (χ3v) is 3.57. The summed E-state index contributed by atoms with van der Waals surface area (Å²) in [5.41, 5.74) is 0.659. The predicted octanol–water partition coefficient (Wildman–Crippen LogP) is 3.59. The van der Waals surface area contributed by atoms with Gasteiger partial charge in [0.05, 0.1) is 25.4 Å². The molecule has 0 amide bonds. The van der Waals surface area contributed by atoms with Crippen molar-refractivity contribution in [2.75, 3.05) is 13.2 Å². The number of halogens is 1. The second-order valence-corrected chi connectivity index (χ2v) is 5.24. The van der Waals surface area contributed by atoms with E-state index in [0.717, 1.165) is 0 Å². The minimum absolute atomic E-state index is 0.239. The molecule has 0 spiro atoms. The van der Waals surface area contributed by atoms with Gasteiger partial charge in [0.1, 0.15) is 5.82 Å². The molecule has 4 heteroatoms. The number of hydrogen-bond acceptors (Lipinski definition) is 3. The van der Waals surface area contributed by atoms with Crippen molar-refractivity contribution < 1.29 is 18.6 Å². The Kier molecular flexibility index (Phi) is 4.86. The largest absolute Gasteiger partial charge is 0.490 e. The lowest BCUT2D eigenvalue weighted by Crippen LogP contribution is -2.11. The third-order valence-electron chi connectivity index (χ3n) is 3.57. The van der Waals surface area contributed by atoms with E-state index in [9.17, 15) is 4.39 Å². The van der Waals surface area contributed by atoms with Crippen LogP contribution in [0, 0.1) is 11.7 Å². The molecular weight excluding hydrogens is 259 g/mol. The van der Waals surface area contributed by atoms with Crippen LogP contribution >= 0.6 is 0 Å². The highest BCUT2D eigenvalue weighted by Crippen LogP contribution is 2.35. The monoisotopic (exact) mass is 282 g/mol. The Labute approximate surface area is 120 Å². The summed E-state index contributed by atoms with van der Waals surface area (Å²) in [6.45, 7) is 8.93. The van der Waals surface area contributed by atoms with E-state index in [-0.39, 0.29) is 11.9 Å². The van der Waals surface area contributed by atoms with Gasteiger partial charge in [-0.2, -0.15) is 0 Å². The molecule has 1 aliphatic heterocycles. The fraction of sp³-hybridized carbons (Fsp3) is 0.625. The van der Waals surface area contributed by atoms with Gasteiger partial charge in [0.2, 0.25) is 0 Å². The van der Waals surface area contributed by atoms with E-state index < -0.39 is 0 Å². The van der Waals surface area contributed by atoms with Gasteiger partial charge in [-0.1, -0.05) is 6.92 Å². The number of ether oxygens (including phenoxy) is 3. The van der Waals surface area contributed by atoms with Crippen LogP contribution in [0.25, 0.3) is 0 Å². The van der Waals surface area contributed by atoms with Gasteiger partial charge < -0.3 is 14.2 Å². The average molecular weight is 282 g/mol. The summed E-state index contributed by atoms with van der Waals surface area (Å²) >= 11 is 0. The molecule has 1 aromatic carbocycles. The van der Waals surface area contributed by atoms with Gasteiger partial charge in [0, 0.05) is 6.07 Å². The fourth-order valence-corrected chi connectivity index (χ4v) is 2.53. The standard InChI is InChI=1S/C16H23FO3/c1-5-18-14-8-12(7-10(3)16-11(4)20-16)13(17)9-15(14)19-6-2/h8-11,16H,5-7H2,1-4H3. The van der Waals surface area contributed by atoms with Crippen molar-refractivity contribution in [3.05, 3.63) is 23.5 Å². The van der Waals surface area contributed by atoms with Crippen molar-refractivity contribution in [3.63, 3.8) is 0 Å². The van der Waals surface area contributed by atoms with Crippen molar-refractivity contribution in [3.8, 4) is 11.5 Å². The maximum atomic E-state index is 14.2. The van der Waals surface area contributed by atoms with Crippen LogP contribution in [0.4, 0.5) is 4.39 Å². The average Bonchev–Trinajstić information content (AvgIpc) is 3.12. The molecule has 0 aliphatic carbocycles. The Morgan fingerprint density at radius 1 is 1.20 bits per heavy atom. The molecule has 0 N–H and O–H groups in total. The summed E-state index contributed by atoms with van der Waals surface area (Å²) in [5.74, 6) is 1.14. The first kappa shape index (κ1) is 15.1. The number of hydrogen-bond donors (Lipinski definition) is 0. The van der Waals surface area contributed by atoms with Crippen molar-refractivity contribution in [2.45, 2.75) is 46.3 Å². The quantitative estimate of drug-likeness (QED) is 0.716. The molecule has 112 valence electrons. The first-order valence-corrected chi connectivity index (χ1v) is 7.30. The maximum Gasteiger partial charge on any atom is 0.164 e. The molecule has 0 bridgehead atoms. The van der Waals surface area contributed by atoms with Crippen LogP contribution in [0.5, 0.6) is 11.5 Å². The number of epoxide rings is 1. The summed E-state index contributed by atoms with van der Waals surface area (Å²) in [7, 11) is 0. The Morgan fingerprint density at radius 2 is 1.75 bits per heavy atom. The minimum Gasteiger partial charge on any atom is -0.490 e. The SMILES string of the molecule is CCOc1cc(F)c(CC(C)C2OC2C)cc1OCC. The highest BCUT2D eigenvalue weighted by atomic mass is 19.1. The van der Waals surface area contributed by atoms with Gasteiger partial charge in [-0.05, 0) is 44.7 Å². The second-order valence-electron chi connectivity index (χ2n) is 5.24. The zero-order valence-corrected chi connectivity index (χ0v) is 12.6. The maximum absolute atomic E-state index is 14.2. The van der Waals surface area contributed by atoms with Gasteiger partial charge >= 0.3 is 0 Å². The van der Waals surface area contributed by atoms with E-state index in [4.69, 9.17) is 14.2 Å². The van der Waals surface area contributed by atoms with E-state index in [1.54, 1.807) is 6.07 Å². The lowest BCUT2D eigenvalue weighted by Gasteiger charge is -2.15. The van der Waals surface area contributed by atoms with Gasteiger partial charge in [-0.25, -0.2) is 4.39 Å². The normalized spacial score (nSPS) is 22.4. The van der Waals surface area contributed by atoms with Crippen LogP contribution in [-0.2, 0) is 11.2 Å². The minimum atomic E-state index is -0.239. The Morgan fingerprint density at radius 3 is 2.25 bits per heavy atom. The highest BCUT2D eigenvalue weighted by molar-refractivity contribution is 5.44. The zero-order valence-electron chi connectivity index (χ0n) is 12.6. The van der Waals surface area contributed by atoms with E-state index in [1.807, 2.05) is 20.8 Å². The molecule has 1 heterocycles. The Hall–Kier alpha value is -1.29. The highest BCUT2D eigenvalue weighted by Gasteiger charge is 2.39. The predicted molar refractivity (Wildman–Crippen MR) is 75.9 cm³/mol. The zero-order chi connectivity index (χ0) is 14.7. The topological polar surface area (TPSA) is 31.0 Å². The smallest absolute Gasteiger partial charge is 0.164 e. The van der Waals surface area contributed by atoms with Gasteiger partial charge in [-0.15, -0.1) is 0 Å². The molecule has 3 nitrogen and oxygen atoms in total. The molecule has 3 atom stereocenters. The first-order valence-electron chi connectivity index (χ1n) is 7.30. The van der Waals surface area contributed by atoms with Crippen molar-refractivity contribution >= 4 is 0 Å². The summed E-state index contributed by atoms with van der Waals surface area (Å²) in [4.78, 5) is 0. The van der Waals surface area contributed by atoms with Crippen LogP contribution in [-0.4, -0.2) is 25.4 Å². The molecule has 1 aromatic rings. The van der Waals surface area contributed by atoms with Crippen molar-refractivity contribution in [2.24, 2.45) is 5.92 Å². The van der Waals surface area contributed by atoms with Crippen LogP contribution in [0.2, 0.25) is 0 Å². The molecule has 0 radical (unpaired) electrons. The van der Waals surface area contributed by atoms with Gasteiger partial charge in [-0.3, -0.25) is 0 Å². The lowest BCUT2D eigenvalue weighted by molar-refractivity contribution is 0.285. The van der Waals surface area contributed by atoms with E-state index >= 15 is 0 Å². The van der Waals surface area contributed by atoms with Gasteiger partial charge in [0.15, 0.2) is 11.5 Å². The summed E-state index contributed by atoms with van der Waals surface area (Å²) in [6, 6.07) is 3.18. The fourth-order valence-electron chi connectivity index (χ4n) is 2.53. The Balaban J connectivity index is 2.17. The van der Waals surface area contributed by atoms with Crippen LogP contribution in [0.15, 0.2) is 12.1 Å². The van der Waals surface area contributed by atoms with Crippen LogP contribution < -0.4 is 9.47 Å². The third kappa shape index (κ3) is 3.42. The molecule has 2 rings (SSSR count). The molecule has 0 aromatic heterocycles. The summed E-state index contributed by atoms with van der Waals surface area (Å²) in [5, 5.41) is 0. The van der Waals surface area contributed by atoms with E-state index in [0.29, 0.717) is 48.7 Å². The van der Waals surface area contributed by atoms with Crippen LogP contribution in [0.3, 0.4) is 0 Å². The molecule has 1 fully saturated rings. The number of benzene rings is 1. The number of rotatable bonds is 7.